The third-order valence-electron chi connectivity index (χ3n) is 6.25. The summed E-state index contributed by atoms with van der Waals surface area (Å²) in [6.45, 7) is 0. The first kappa shape index (κ1) is 21.5. The second kappa shape index (κ2) is 8.96. The smallest absolute Gasteiger partial charge is 0.282 e. The van der Waals surface area contributed by atoms with Gasteiger partial charge in [0, 0.05) is 11.3 Å². The summed E-state index contributed by atoms with van der Waals surface area (Å²) >= 11 is 0. The van der Waals surface area contributed by atoms with Gasteiger partial charge in [0.2, 0.25) is 0 Å². The number of hydrogen-bond donors (Lipinski definition) is 0. The molecular weight excluding hydrogens is 446 g/mol. The highest BCUT2D eigenvalue weighted by Crippen LogP contribution is 2.35. The molecule has 6 rings (SSSR count). The second-order valence-corrected chi connectivity index (χ2v) is 8.45. The molecule has 0 saturated heterocycles. The van der Waals surface area contributed by atoms with E-state index in [1.165, 1.54) is 0 Å². The number of carbonyl (C=O) groups is 2. The van der Waals surface area contributed by atoms with Crippen LogP contribution in [-0.4, -0.2) is 27.6 Å². The lowest BCUT2D eigenvalue weighted by molar-refractivity contribution is 0.0660. The molecule has 172 valence electrons. The van der Waals surface area contributed by atoms with Crippen LogP contribution in [0.3, 0.4) is 0 Å². The zero-order valence-electron chi connectivity index (χ0n) is 19.3. The zero-order valence-corrected chi connectivity index (χ0v) is 19.3. The van der Waals surface area contributed by atoms with Crippen LogP contribution < -0.4 is 0 Å². The largest absolute Gasteiger partial charge is 0.309 e. The average Bonchev–Trinajstić information content (AvgIpc) is 3.44. The third kappa shape index (κ3) is 3.63. The molecule has 4 aromatic carbocycles. The van der Waals surface area contributed by atoms with Crippen LogP contribution in [0.2, 0.25) is 0 Å². The average molecular weight is 468 g/mol. The number of fused-ring (bicyclic) bond motifs is 1. The lowest BCUT2D eigenvalue weighted by Crippen LogP contribution is -2.24. The molecule has 1 aliphatic rings. The van der Waals surface area contributed by atoms with Crippen LogP contribution in [0.1, 0.15) is 26.3 Å². The van der Waals surface area contributed by atoms with Crippen LogP contribution in [0.25, 0.3) is 28.2 Å². The Morgan fingerprint density at radius 1 is 0.583 bits per heavy atom. The molecule has 0 saturated carbocycles. The van der Waals surface area contributed by atoms with Crippen molar-refractivity contribution >= 4 is 18.0 Å². The maximum absolute atomic E-state index is 12.9. The highest BCUT2D eigenvalue weighted by molar-refractivity contribution is 6.21. The van der Waals surface area contributed by atoms with Crippen molar-refractivity contribution in [3.05, 3.63) is 138 Å². The van der Waals surface area contributed by atoms with Crippen molar-refractivity contribution in [1.82, 2.24) is 9.58 Å². The van der Waals surface area contributed by atoms with E-state index < -0.39 is 11.8 Å². The number of benzene rings is 4. The van der Waals surface area contributed by atoms with Crippen molar-refractivity contribution in [3.63, 3.8) is 0 Å². The molecule has 0 atom stereocenters. The van der Waals surface area contributed by atoms with Gasteiger partial charge in [0.05, 0.1) is 28.7 Å². The first-order valence-corrected chi connectivity index (χ1v) is 11.7. The number of rotatable bonds is 5. The normalized spacial score (nSPS) is 12.9. The van der Waals surface area contributed by atoms with Gasteiger partial charge in [-0.05, 0) is 41.5 Å². The quantitative estimate of drug-likeness (QED) is 0.221. The number of imide groups is 1. The fourth-order valence-corrected chi connectivity index (χ4v) is 4.59. The van der Waals surface area contributed by atoms with Crippen molar-refractivity contribution in [2.24, 2.45) is 5.10 Å². The van der Waals surface area contributed by atoms with Gasteiger partial charge in [0.15, 0.2) is 0 Å². The van der Waals surface area contributed by atoms with Crippen LogP contribution in [0.5, 0.6) is 0 Å². The molecule has 5 nitrogen and oxygen atoms in total. The van der Waals surface area contributed by atoms with Gasteiger partial charge < -0.3 is 4.57 Å². The van der Waals surface area contributed by atoms with Gasteiger partial charge in [0.1, 0.15) is 0 Å². The minimum Gasteiger partial charge on any atom is -0.309 e. The van der Waals surface area contributed by atoms with Crippen LogP contribution in [-0.2, 0) is 0 Å². The monoisotopic (exact) mass is 467 g/mol. The molecule has 1 aromatic heterocycles. The first-order valence-electron chi connectivity index (χ1n) is 11.7. The number of para-hydroxylation sites is 1. The number of nitrogens with zero attached hydrogens (tertiary/aromatic N) is 3. The Hall–Kier alpha value is -5.03. The fraction of sp³-hybridized carbons (Fsp3) is 0. The van der Waals surface area contributed by atoms with E-state index in [1.54, 1.807) is 30.5 Å². The van der Waals surface area contributed by atoms with Gasteiger partial charge >= 0.3 is 0 Å². The van der Waals surface area contributed by atoms with Gasteiger partial charge in [-0.1, -0.05) is 91.0 Å². The number of hydrogen-bond acceptors (Lipinski definition) is 3. The maximum atomic E-state index is 12.9. The Morgan fingerprint density at radius 3 is 1.67 bits per heavy atom. The van der Waals surface area contributed by atoms with Crippen molar-refractivity contribution < 1.29 is 9.59 Å². The minimum absolute atomic E-state index is 0.370. The molecule has 5 aromatic rings. The topological polar surface area (TPSA) is 54.7 Å². The van der Waals surface area contributed by atoms with E-state index in [0.29, 0.717) is 11.1 Å². The van der Waals surface area contributed by atoms with E-state index in [1.807, 2.05) is 72.8 Å². The van der Waals surface area contributed by atoms with E-state index in [0.717, 1.165) is 38.8 Å². The molecule has 0 radical (unpaired) electrons. The molecule has 0 aliphatic carbocycles. The van der Waals surface area contributed by atoms with Crippen molar-refractivity contribution in [3.8, 4) is 28.2 Å². The van der Waals surface area contributed by atoms with E-state index in [2.05, 4.69) is 33.9 Å². The van der Waals surface area contributed by atoms with Crippen LogP contribution in [0, 0.1) is 0 Å². The summed E-state index contributed by atoms with van der Waals surface area (Å²) in [4.78, 5) is 25.8. The van der Waals surface area contributed by atoms with Crippen molar-refractivity contribution in [2.45, 2.75) is 0 Å². The molecule has 0 unspecified atom stereocenters. The molecular formula is C31H21N3O2. The predicted molar refractivity (Wildman–Crippen MR) is 141 cm³/mol. The van der Waals surface area contributed by atoms with E-state index in [4.69, 9.17) is 0 Å². The Bertz CT molecular complexity index is 1570. The van der Waals surface area contributed by atoms with Crippen LogP contribution in [0.4, 0.5) is 0 Å². The summed E-state index contributed by atoms with van der Waals surface area (Å²) in [7, 11) is 0. The van der Waals surface area contributed by atoms with Crippen LogP contribution >= 0.6 is 0 Å². The van der Waals surface area contributed by atoms with E-state index in [9.17, 15) is 9.59 Å². The van der Waals surface area contributed by atoms with Gasteiger partial charge in [0.25, 0.3) is 11.8 Å². The Labute approximate surface area is 208 Å². The minimum atomic E-state index is -0.418. The highest BCUT2D eigenvalue weighted by Gasteiger charge is 2.35. The molecule has 0 fully saturated rings. The fourth-order valence-electron chi connectivity index (χ4n) is 4.59. The summed E-state index contributed by atoms with van der Waals surface area (Å²) in [6.07, 6.45) is 1.61. The van der Waals surface area contributed by atoms with Crippen LogP contribution in [0.15, 0.2) is 126 Å². The summed E-state index contributed by atoms with van der Waals surface area (Å²) in [6, 6.07) is 39.1. The third-order valence-corrected chi connectivity index (χ3v) is 6.25. The highest BCUT2D eigenvalue weighted by atomic mass is 16.2. The summed E-state index contributed by atoms with van der Waals surface area (Å²) in [5.41, 5.74) is 6.46. The predicted octanol–water partition coefficient (Wildman–Crippen LogP) is 6.44. The number of hydrazone groups is 1. The zero-order chi connectivity index (χ0) is 24.5. The maximum Gasteiger partial charge on any atom is 0.282 e. The summed E-state index contributed by atoms with van der Waals surface area (Å²) in [5.74, 6) is -0.835. The summed E-state index contributed by atoms with van der Waals surface area (Å²) < 4.78 is 2.19. The standard InChI is InChI=1S/C31H21N3O2/c35-30-26-18-10-11-19-27(26)31(36)34(30)32-21-24-20-28(22-12-4-1-5-13-22)33(25-16-8-3-9-17-25)29(24)23-14-6-2-7-15-23/h1-21H/b32-21-. The lowest BCUT2D eigenvalue weighted by Gasteiger charge is -2.15. The second-order valence-electron chi connectivity index (χ2n) is 8.45. The van der Waals surface area contributed by atoms with E-state index in [-0.39, 0.29) is 0 Å². The Balaban J connectivity index is 1.55. The van der Waals surface area contributed by atoms with Crippen molar-refractivity contribution in [2.75, 3.05) is 0 Å². The molecule has 0 spiro atoms. The molecule has 36 heavy (non-hydrogen) atoms. The van der Waals surface area contributed by atoms with Gasteiger partial charge in [-0.2, -0.15) is 10.1 Å². The van der Waals surface area contributed by atoms with E-state index >= 15 is 0 Å². The van der Waals surface area contributed by atoms with Gasteiger partial charge in [-0.25, -0.2) is 0 Å². The van der Waals surface area contributed by atoms with Gasteiger partial charge in [-0.15, -0.1) is 0 Å². The summed E-state index contributed by atoms with van der Waals surface area (Å²) in [5, 5.41) is 5.34. The van der Waals surface area contributed by atoms with Gasteiger partial charge in [-0.3, -0.25) is 9.59 Å². The Morgan fingerprint density at radius 2 is 1.08 bits per heavy atom. The molecule has 2 heterocycles. The molecule has 0 bridgehead atoms. The SMILES string of the molecule is O=C1c2ccccc2C(=O)N1/N=C\c1cc(-c2ccccc2)n(-c2ccccc2)c1-c1ccccc1. The number of carbonyl (C=O) groups excluding carboxylic acids is 2. The van der Waals surface area contributed by atoms with Crippen molar-refractivity contribution in [1.29, 1.82) is 0 Å². The number of amides is 2. The Kier molecular flexibility index (Phi) is 5.35. The molecule has 5 heteroatoms. The molecule has 2 amide bonds. The lowest BCUT2D eigenvalue weighted by atomic mass is 10.1. The molecule has 0 N–H and O–H groups in total. The first-order chi connectivity index (χ1) is 17.7. The molecule has 1 aliphatic heterocycles. The number of aromatic nitrogens is 1.